The third-order valence-electron chi connectivity index (χ3n) is 3.90. The van der Waals surface area contributed by atoms with Gasteiger partial charge < -0.3 is 15.5 Å². The van der Waals surface area contributed by atoms with Crippen LogP contribution in [0.25, 0.3) is 0 Å². The SMILES string of the molecule is CN1CCN(C(C(N)=O)c2ccc(N(C)C)cc2)CC1. The fourth-order valence-corrected chi connectivity index (χ4v) is 2.59. The zero-order valence-electron chi connectivity index (χ0n) is 12.5. The standard InChI is InChI=1S/C15H24N4O/c1-17(2)13-6-4-12(5-7-13)14(15(16)20)19-10-8-18(3)9-11-19/h4-7,14H,8-11H2,1-3H3,(H2,16,20). The number of benzene rings is 1. The summed E-state index contributed by atoms with van der Waals surface area (Å²) in [6.07, 6.45) is 0. The molecule has 1 unspecified atom stereocenters. The third kappa shape index (κ3) is 3.29. The van der Waals surface area contributed by atoms with Crippen molar-refractivity contribution in [3.63, 3.8) is 0 Å². The van der Waals surface area contributed by atoms with Gasteiger partial charge in [0.15, 0.2) is 0 Å². The highest BCUT2D eigenvalue weighted by molar-refractivity contribution is 5.81. The topological polar surface area (TPSA) is 52.8 Å². The van der Waals surface area contributed by atoms with Gasteiger partial charge in [-0.3, -0.25) is 9.69 Å². The number of primary amides is 1. The second kappa shape index (κ2) is 6.24. The zero-order chi connectivity index (χ0) is 14.7. The number of likely N-dealkylation sites (N-methyl/N-ethyl adjacent to an activating group) is 1. The smallest absolute Gasteiger partial charge is 0.239 e. The number of carbonyl (C=O) groups excluding carboxylic acids is 1. The van der Waals surface area contributed by atoms with Crippen molar-refractivity contribution in [1.29, 1.82) is 0 Å². The van der Waals surface area contributed by atoms with Crippen molar-refractivity contribution in [2.45, 2.75) is 6.04 Å². The minimum Gasteiger partial charge on any atom is -0.378 e. The fraction of sp³-hybridized carbons (Fsp3) is 0.533. The van der Waals surface area contributed by atoms with E-state index in [9.17, 15) is 4.79 Å². The Morgan fingerprint density at radius 1 is 1.15 bits per heavy atom. The van der Waals surface area contributed by atoms with Crippen molar-refractivity contribution >= 4 is 11.6 Å². The second-order valence-corrected chi connectivity index (χ2v) is 5.63. The van der Waals surface area contributed by atoms with Crippen molar-refractivity contribution in [2.24, 2.45) is 5.73 Å². The summed E-state index contributed by atoms with van der Waals surface area (Å²) in [5.41, 5.74) is 7.73. The number of piperazine rings is 1. The molecule has 2 rings (SSSR count). The lowest BCUT2D eigenvalue weighted by atomic mass is 10.0. The second-order valence-electron chi connectivity index (χ2n) is 5.63. The molecule has 1 aromatic rings. The van der Waals surface area contributed by atoms with Gasteiger partial charge in [-0.25, -0.2) is 0 Å². The third-order valence-corrected chi connectivity index (χ3v) is 3.90. The van der Waals surface area contributed by atoms with Gasteiger partial charge in [-0.2, -0.15) is 0 Å². The lowest BCUT2D eigenvalue weighted by Gasteiger charge is -2.36. The minimum absolute atomic E-state index is 0.271. The van der Waals surface area contributed by atoms with Crippen molar-refractivity contribution < 1.29 is 4.79 Å². The number of anilines is 1. The van der Waals surface area contributed by atoms with Crippen molar-refractivity contribution in [1.82, 2.24) is 9.80 Å². The lowest BCUT2D eigenvalue weighted by molar-refractivity contribution is -0.124. The number of carbonyl (C=O) groups is 1. The molecular formula is C15H24N4O. The Kier molecular flexibility index (Phi) is 4.62. The number of hydrogen-bond acceptors (Lipinski definition) is 4. The number of nitrogens with two attached hydrogens (primary N) is 1. The minimum atomic E-state index is -0.320. The highest BCUT2D eigenvalue weighted by Crippen LogP contribution is 2.24. The normalized spacial score (nSPS) is 18.8. The molecule has 1 aliphatic rings. The average molecular weight is 276 g/mol. The summed E-state index contributed by atoms with van der Waals surface area (Å²) < 4.78 is 0. The van der Waals surface area contributed by atoms with Crippen LogP contribution in [0.1, 0.15) is 11.6 Å². The molecule has 1 atom stereocenters. The highest BCUT2D eigenvalue weighted by Gasteiger charge is 2.27. The van der Waals surface area contributed by atoms with Gasteiger partial charge in [-0.15, -0.1) is 0 Å². The predicted octanol–water partition coefficient (Wildman–Crippen LogP) is 0.526. The van der Waals surface area contributed by atoms with Gasteiger partial charge in [0.1, 0.15) is 6.04 Å². The van der Waals surface area contributed by atoms with E-state index in [1.54, 1.807) is 0 Å². The molecule has 0 radical (unpaired) electrons. The van der Waals surface area contributed by atoms with Crippen LogP contribution in [0.2, 0.25) is 0 Å². The molecule has 2 N–H and O–H groups in total. The first-order chi connectivity index (χ1) is 9.49. The largest absolute Gasteiger partial charge is 0.378 e. The summed E-state index contributed by atoms with van der Waals surface area (Å²) >= 11 is 0. The van der Waals surface area contributed by atoms with Crippen LogP contribution in [0.3, 0.4) is 0 Å². The monoisotopic (exact) mass is 276 g/mol. The molecular weight excluding hydrogens is 252 g/mol. The Hall–Kier alpha value is -1.59. The maximum absolute atomic E-state index is 11.9. The molecule has 110 valence electrons. The summed E-state index contributed by atoms with van der Waals surface area (Å²) in [5, 5.41) is 0. The molecule has 1 aliphatic heterocycles. The summed E-state index contributed by atoms with van der Waals surface area (Å²) in [6.45, 7) is 3.69. The van der Waals surface area contributed by atoms with E-state index < -0.39 is 0 Å². The Morgan fingerprint density at radius 2 is 1.70 bits per heavy atom. The van der Waals surface area contributed by atoms with E-state index >= 15 is 0 Å². The Labute approximate surface area is 120 Å². The quantitative estimate of drug-likeness (QED) is 0.871. The van der Waals surface area contributed by atoms with E-state index in [1.807, 2.05) is 43.3 Å². The molecule has 0 aliphatic carbocycles. The first kappa shape index (κ1) is 14.8. The molecule has 1 amide bonds. The summed E-state index contributed by atoms with van der Waals surface area (Å²) in [6, 6.07) is 7.74. The van der Waals surface area contributed by atoms with Crippen LogP contribution >= 0.6 is 0 Å². The Balaban J connectivity index is 2.18. The zero-order valence-corrected chi connectivity index (χ0v) is 12.5. The van der Waals surface area contributed by atoms with E-state index in [1.165, 1.54) is 0 Å². The molecule has 0 spiro atoms. The van der Waals surface area contributed by atoms with Crippen molar-refractivity contribution in [3.8, 4) is 0 Å². The van der Waals surface area contributed by atoms with Gasteiger partial charge in [-0.1, -0.05) is 12.1 Å². The van der Waals surface area contributed by atoms with Gasteiger partial charge in [0, 0.05) is 46.0 Å². The molecule has 1 saturated heterocycles. The molecule has 1 aromatic carbocycles. The Morgan fingerprint density at radius 3 is 2.15 bits per heavy atom. The van der Waals surface area contributed by atoms with Crippen LogP contribution in [0.4, 0.5) is 5.69 Å². The van der Waals surface area contributed by atoms with Crippen LogP contribution in [-0.2, 0) is 4.79 Å². The number of hydrogen-bond donors (Lipinski definition) is 1. The van der Waals surface area contributed by atoms with Crippen LogP contribution < -0.4 is 10.6 Å². The first-order valence-electron chi connectivity index (χ1n) is 6.98. The van der Waals surface area contributed by atoms with Crippen molar-refractivity contribution in [2.75, 3.05) is 52.2 Å². The summed E-state index contributed by atoms with van der Waals surface area (Å²) in [4.78, 5) is 18.3. The van der Waals surface area contributed by atoms with Crippen molar-refractivity contribution in [3.05, 3.63) is 29.8 Å². The van der Waals surface area contributed by atoms with Gasteiger partial charge in [0.2, 0.25) is 5.91 Å². The summed E-state index contributed by atoms with van der Waals surface area (Å²) in [7, 11) is 6.10. The van der Waals surface area contributed by atoms with E-state index in [2.05, 4.69) is 16.8 Å². The molecule has 20 heavy (non-hydrogen) atoms. The average Bonchev–Trinajstić information content (AvgIpc) is 2.41. The van der Waals surface area contributed by atoms with Gasteiger partial charge in [-0.05, 0) is 24.7 Å². The van der Waals surface area contributed by atoms with Crippen LogP contribution in [0.5, 0.6) is 0 Å². The molecule has 0 bridgehead atoms. The van der Waals surface area contributed by atoms with Crippen LogP contribution in [-0.4, -0.2) is 63.0 Å². The fourth-order valence-electron chi connectivity index (χ4n) is 2.59. The first-order valence-corrected chi connectivity index (χ1v) is 6.98. The highest BCUT2D eigenvalue weighted by atomic mass is 16.1. The maximum Gasteiger partial charge on any atom is 0.239 e. The molecule has 0 saturated carbocycles. The van der Waals surface area contributed by atoms with E-state index in [4.69, 9.17) is 5.73 Å². The maximum atomic E-state index is 11.9. The molecule has 1 heterocycles. The predicted molar refractivity (Wildman–Crippen MR) is 81.8 cm³/mol. The van der Waals surface area contributed by atoms with Crippen LogP contribution in [0, 0.1) is 0 Å². The molecule has 0 aromatic heterocycles. The van der Waals surface area contributed by atoms with Gasteiger partial charge in [0.25, 0.3) is 0 Å². The molecule has 1 fully saturated rings. The Bertz CT molecular complexity index is 449. The van der Waals surface area contributed by atoms with E-state index in [-0.39, 0.29) is 11.9 Å². The van der Waals surface area contributed by atoms with E-state index in [0.717, 1.165) is 37.4 Å². The number of amides is 1. The summed E-state index contributed by atoms with van der Waals surface area (Å²) in [5.74, 6) is -0.271. The number of nitrogens with zero attached hydrogens (tertiary/aromatic N) is 3. The molecule has 5 nitrogen and oxygen atoms in total. The molecule has 5 heteroatoms. The lowest BCUT2D eigenvalue weighted by Crippen LogP contribution is -2.49. The van der Waals surface area contributed by atoms with E-state index in [0.29, 0.717) is 0 Å². The van der Waals surface area contributed by atoms with Gasteiger partial charge >= 0.3 is 0 Å². The van der Waals surface area contributed by atoms with Gasteiger partial charge in [0.05, 0.1) is 0 Å². The number of rotatable bonds is 4. The van der Waals surface area contributed by atoms with Crippen LogP contribution in [0.15, 0.2) is 24.3 Å².